The number of aryl methyl sites for hydroxylation is 1. The van der Waals surface area contributed by atoms with Gasteiger partial charge in [0.15, 0.2) is 16.4 Å². The van der Waals surface area contributed by atoms with Crippen molar-refractivity contribution in [2.75, 3.05) is 18.1 Å². The van der Waals surface area contributed by atoms with Crippen LogP contribution in [0, 0.1) is 0 Å². The smallest absolute Gasteiger partial charge is 0.258 e. The molecule has 21 heavy (non-hydrogen) atoms. The van der Waals surface area contributed by atoms with Crippen LogP contribution in [0.15, 0.2) is 24.3 Å². The number of hydrogen-bond donors (Lipinski definition) is 1. The molecule has 1 amide bonds. The van der Waals surface area contributed by atoms with Crippen LogP contribution in [0.3, 0.4) is 0 Å². The number of carbonyl (C=O) groups excluding carboxylic acids is 1. The molecule has 0 unspecified atom stereocenters. The Morgan fingerprint density at radius 3 is 2.81 bits per heavy atom. The average molecular weight is 311 g/mol. The van der Waals surface area contributed by atoms with Crippen LogP contribution in [0.4, 0.5) is 0 Å². The van der Waals surface area contributed by atoms with E-state index in [4.69, 9.17) is 4.74 Å². The molecule has 1 aliphatic rings. The molecule has 0 bridgehead atoms. The normalized spacial score (nSPS) is 23.7. The van der Waals surface area contributed by atoms with Gasteiger partial charge in [-0.15, -0.1) is 0 Å². The maximum atomic E-state index is 11.9. The molecule has 1 aliphatic heterocycles. The van der Waals surface area contributed by atoms with Gasteiger partial charge in [0.05, 0.1) is 17.0 Å². The molecule has 1 saturated heterocycles. The van der Waals surface area contributed by atoms with E-state index in [-0.39, 0.29) is 24.0 Å². The van der Waals surface area contributed by atoms with Crippen molar-refractivity contribution in [2.24, 2.45) is 0 Å². The first-order chi connectivity index (χ1) is 9.82. The summed E-state index contributed by atoms with van der Waals surface area (Å²) in [5, 5.41) is 2.77. The van der Waals surface area contributed by atoms with E-state index < -0.39 is 15.4 Å². The summed E-state index contributed by atoms with van der Waals surface area (Å²) in [4.78, 5) is 11.9. The Morgan fingerprint density at radius 1 is 1.43 bits per heavy atom. The molecule has 6 heteroatoms. The van der Waals surface area contributed by atoms with Crippen LogP contribution in [-0.2, 0) is 21.1 Å². The van der Waals surface area contributed by atoms with Gasteiger partial charge in [-0.3, -0.25) is 4.79 Å². The van der Waals surface area contributed by atoms with Gasteiger partial charge in [-0.25, -0.2) is 8.42 Å². The highest BCUT2D eigenvalue weighted by molar-refractivity contribution is 7.91. The highest BCUT2D eigenvalue weighted by Gasteiger charge is 2.39. The minimum atomic E-state index is -3.03. The monoisotopic (exact) mass is 311 g/mol. The molecular weight excluding hydrogens is 290 g/mol. The molecule has 5 nitrogen and oxygen atoms in total. The maximum absolute atomic E-state index is 11.9. The second kappa shape index (κ2) is 6.05. The van der Waals surface area contributed by atoms with Gasteiger partial charge in [-0.05, 0) is 37.5 Å². The zero-order valence-electron chi connectivity index (χ0n) is 12.4. The van der Waals surface area contributed by atoms with E-state index in [2.05, 4.69) is 5.32 Å². The van der Waals surface area contributed by atoms with Gasteiger partial charge in [-0.2, -0.15) is 0 Å². The first-order valence-corrected chi connectivity index (χ1v) is 8.87. The lowest BCUT2D eigenvalue weighted by molar-refractivity contribution is -0.124. The summed E-state index contributed by atoms with van der Waals surface area (Å²) in [5.74, 6) is 0.477. The predicted molar refractivity (Wildman–Crippen MR) is 81.1 cm³/mol. The highest BCUT2D eigenvalue weighted by Crippen LogP contribution is 2.22. The van der Waals surface area contributed by atoms with E-state index in [1.165, 1.54) is 0 Å². The van der Waals surface area contributed by atoms with E-state index in [1.54, 1.807) is 13.0 Å². The number of nitrogens with one attached hydrogen (secondary N) is 1. The fourth-order valence-electron chi connectivity index (χ4n) is 2.49. The fourth-order valence-corrected chi connectivity index (χ4v) is 4.58. The Kier molecular flexibility index (Phi) is 4.56. The van der Waals surface area contributed by atoms with E-state index in [9.17, 15) is 13.2 Å². The van der Waals surface area contributed by atoms with Gasteiger partial charge in [0, 0.05) is 0 Å². The fraction of sp³-hybridized carbons (Fsp3) is 0.533. The van der Waals surface area contributed by atoms with Crippen molar-refractivity contribution in [3.05, 3.63) is 29.8 Å². The second-order valence-electron chi connectivity index (χ2n) is 5.74. The first-order valence-electron chi connectivity index (χ1n) is 7.05. The number of benzene rings is 1. The molecule has 0 spiro atoms. The van der Waals surface area contributed by atoms with Gasteiger partial charge in [0.2, 0.25) is 0 Å². The molecule has 1 atom stereocenters. The topological polar surface area (TPSA) is 72.5 Å². The number of ether oxygens (including phenoxy) is 1. The standard InChI is InChI=1S/C15H21NO4S/c1-3-12-5-4-6-13(9-12)20-10-14(17)16-15(2)7-8-21(18,19)11-15/h4-6,9H,3,7-8,10-11H2,1-2H3,(H,16,17)/t15-/m1/s1. The first kappa shape index (κ1) is 15.8. The van der Waals surface area contributed by atoms with Crippen molar-refractivity contribution in [3.8, 4) is 5.75 Å². The van der Waals surface area contributed by atoms with Crippen molar-refractivity contribution in [3.63, 3.8) is 0 Å². The highest BCUT2D eigenvalue weighted by atomic mass is 32.2. The maximum Gasteiger partial charge on any atom is 0.258 e. The van der Waals surface area contributed by atoms with E-state index in [0.717, 1.165) is 12.0 Å². The Labute approximate surface area is 125 Å². The number of carbonyl (C=O) groups is 1. The molecule has 2 rings (SSSR count). The molecule has 1 fully saturated rings. The van der Waals surface area contributed by atoms with Crippen LogP contribution in [0.2, 0.25) is 0 Å². The molecular formula is C15H21NO4S. The summed E-state index contributed by atoms with van der Waals surface area (Å²) in [5.41, 5.74) is 0.464. The van der Waals surface area contributed by atoms with Gasteiger partial charge in [0.25, 0.3) is 5.91 Å². The van der Waals surface area contributed by atoms with Crippen molar-refractivity contribution in [1.29, 1.82) is 0 Å². The number of rotatable bonds is 5. The van der Waals surface area contributed by atoms with Crippen LogP contribution in [0.25, 0.3) is 0 Å². The third kappa shape index (κ3) is 4.46. The SMILES string of the molecule is CCc1cccc(OCC(=O)N[C@]2(C)CCS(=O)(=O)C2)c1. The third-order valence-corrected chi connectivity index (χ3v) is 5.52. The summed E-state index contributed by atoms with van der Waals surface area (Å²) in [7, 11) is -3.03. The molecule has 1 N–H and O–H groups in total. The van der Waals surface area contributed by atoms with Gasteiger partial charge >= 0.3 is 0 Å². The van der Waals surface area contributed by atoms with Crippen LogP contribution in [-0.4, -0.2) is 38.0 Å². The molecule has 1 aromatic carbocycles. The summed E-state index contributed by atoms with van der Waals surface area (Å²) < 4.78 is 28.4. The molecule has 0 saturated carbocycles. The zero-order chi connectivity index (χ0) is 15.5. The van der Waals surface area contributed by atoms with Crippen molar-refractivity contribution >= 4 is 15.7 Å². The van der Waals surface area contributed by atoms with Gasteiger partial charge < -0.3 is 10.1 Å². The number of amides is 1. The zero-order valence-corrected chi connectivity index (χ0v) is 13.2. The Bertz CT molecular complexity index is 626. The van der Waals surface area contributed by atoms with Gasteiger partial charge in [-0.1, -0.05) is 19.1 Å². The third-order valence-electron chi connectivity index (χ3n) is 3.62. The van der Waals surface area contributed by atoms with Crippen molar-refractivity contribution in [2.45, 2.75) is 32.2 Å². The minimum absolute atomic E-state index is 0.00292. The van der Waals surface area contributed by atoms with Crippen LogP contribution < -0.4 is 10.1 Å². The Morgan fingerprint density at radius 2 is 2.19 bits per heavy atom. The largest absolute Gasteiger partial charge is 0.484 e. The predicted octanol–water partition coefficient (Wildman–Crippen LogP) is 1.32. The lowest BCUT2D eigenvalue weighted by Crippen LogP contribution is -2.48. The molecule has 0 aromatic heterocycles. The second-order valence-corrected chi connectivity index (χ2v) is 7.92. The van der Waals surface area contributed by atoms with Crippen LogP contribution in [0.5, 0.6) is 5.75 Å². The Hall–Kier alpha value is -1.56. The molecule has 116 valence electrons. The number of hydrogen-bond acceptors (Lipinski definition) is 4. The summed E-state index contributed by atoms with van der Waals surface area (Å²) in [6, 6.07) is 7.58. The quantitative estimate of drug-likeness (QED) is 0.890. The lowest BCUT2D eigenvalue weighted by Gasteiger charge is -2.23. The lowest BCUT2D eigenvalue weighted by atomic mass is 10.0. The summed E-state index contributed by atoms with van der Waals surface area (Å²) >= 11 is 0. The van der Waals surface area contributed by atoms with E-state index in [0.29, 0.717) is 12.2 Å². The molecule has 1 aromatic rings. The Balaban J connectivity index is 1.88. The number of sulfone groups is 1. The van der Waals surface area contributed by atoms with Crippen molar-refractivity contribution < 1.29 is 17.9 Å². The molecule has 0 aliphatic carbocycles. The molecule has 1 heterocycles. The summed E-state index contributed by atoms with van der Waals surface area (Å²) in [6.45, 7) is 3.70. The van der Waals surface area contributed by atoms with Crippen LogP contribution >= 0.6 is 0 Å². The minimum Gasteiger partial charge on any atom is -0.484 e. The molecule has 0 radical (unpaired) electrons. The van der Waals surface area contributed by atoms with E-state index >= 15 is 0 Å². The van der Waals surface area contributed by atoms with Crippen molar-refractivity contribution in [1.82, 2.24) is 5.32 Å². The van der Waals surface area contributed by atoms with E-state index in [1.807, 2.05) is 25.1 Å². The van der Waals surface area contributed by atoms with Crippen LogP contribution in [0.1, 0.15) is 25.8 Å². The average Bonchev–Trinajstić information content (AvgIpc) is 2.70. The van der Waals surface area contributed by atoms with Gasteiger partial charge in [0.1, 0.15) is 5.75 Å². The summed E-state index contributed by atoms with van der Waals surface area (Å²) in [6.07, 6.45) is 1.35.